The van der Waals surface area contributed by atoms with Crippen LogP contribution in [0, 0.1) is 20.8 Å². The molecular weight excluding hydrogens is 579 g/mol. The van der Waals surface area contributed by atoms with E-state index in [-0.39, 0.29) is 36.6 Å². The van der Waals surface area contributed by atoms with Crippen LogP contribution in [0.2, 0.25) is 0 Å². The Morgan fingerprint density at radius 1 is 0.795 bits per heavy atom. The fourth-order valence-electron chi connectivity index (χ4n) is 6.61. The zero-order valence-corrected chi connectivity index (χ0v) is 27.2. The molecule has 3 heterocycles. The van der Waals surface area contributed by atoms with E-state index < -0.39 is 20.0 Å². The summed E-state index contributed by atoms with van der Waals surface area (Å²) in [5, 5.41) is 0. The van der Waals surface area contributed by atoms with Crippen molar-refractivity contribution >= 4 is 44.9 Å². The SMILES string of the molecule is Cc1cc(C)c(S(=O)(=O)N2CCC[C@H]2CCCCS(=O)(=O)N2CCN(C3CCN(C)CC3)CC2)c(C)c1.Cl.Cl. The topological polar surface area (TPSA) is 81.2 Å². The molecular formula is C27H48Cl2N4O4S2. The minimum absolute atomic E-state index is 0. The number of piperidine rings is 1. The molecule has 0 N–H and O–H groups in total. The first-order valence-corrected chi connectivity index (χ1v) is 17.0. The summed E-state index contributed by atoms with van der Waals surface area (Å²) in [6.07, 6.45) is 6.04. The fourth-order valence-corrected chi connectivity index (χ4v) is 10.3. The van der Waals surface area contributed by atoms with Gasteiger partial charge in [0.2, 0.25) is 20.0 Å². The normalized spacial score (nSPS) is 22.9. The van der Waals surface area contributed by atoms with E-state index in [1.54, 1.807) is 8.61 Å². The lowest BCUT2D eigenvalue weighted by atomic mass is 10.0. The first-order valence-electron chi connectivity index (χ1n) is 14.0. The molecule has 1 aromatic carbocycles. The minimum Gasteiger partial charge on any atom is -0.306 e. The molecule has 3 fully saturated rings. The highest BCUT2D eigenvalue weighted by Gasteiger charge is 2.37. The van der Waals surface area contributed by atoms with Gasteiger partial charge in [0.25, 0.3) is 0 Å². The summed E-state index contributed by atoms with van der Waals surface area (Å²) < 4.78 is 56.5. The second-order valence-corrected chi connectivity index (χ2v) is 15.3. The molecule has 0 amide bonds. The number of hydrogen-bond acceptors (Lipinski definition) is 6. The molecule has 0 aromatic heterocycles. The van der Waals surface area contributed by atoms with Gasteiger partial charge in [0.1, 0.15) is 0 Å². The van der Waals surface area contributed by atoms with E-state index in [1.807, 2.05) is 32.9 Å². The second kappa shape index (κ2) is 14.6. The molecule has 3 aliphatic rings. The molecule has 3 saturated heterocycles. The Balaban J connectivity index is 0.00000267. The third-order valence-electron chi connectivity index (χ3n) is 8.56. The maximum Gasteiger partial charge on any atom is 0.243 e. The predicted octanol–water partition coefficient (Wildman–Crippen LogP) is 3.82. The summed E-state index contributed by atoms with van der Waals surface area (Å²) in [7, 11) is -4.68. The molecule has 3 aliphatic heterocycles. The molecule has 0 saturated carbocycles. The van der Waals surface area contributed by atoms with Crippen molar-refractivity contribution in [2.45, 2.75) is 82.7 Å². The second-order valence-electron chi connectivity index (χ2n) is 11.4. The van der Waals surface area contributed by atoms with Crippen LogP contribution in [0.15, 0.2) is 17.0 Å². The molecule has 0 spiro atoms. The van der Waals surface area contributed by atoms with Crippen LogP contribution in [0.25, 0.3) is 0 Å². The van der Waals surface area contributed by atoms with Gasteiger partial charge in [-0.1, -0.05) is 24.1 Å². The highest BCUT2D eigenvalue weighted by molar-refractivity contribution is 7.89. The van der Waals surface area contributed by atoms with Crippen LogP contribution < -0.4 is 0 Å². The van der Waals surface area contributed by atoms with Gasteiger partial charge in [-0.05, 0) is 90.6 Å². The van der Waals surface area contributed by atoms with Gasteiger partial charge in [0.05, 0.1) is 10.6 Å². The third kappa shape index (κ3) is 8.31. The largest absolute Gasteiger partial charge is 0.306 e. The Bertz CT molecular complexity index is 1130. The minimum atomic E-state index is -3.57. The van der Waals surface area contributed by atoms with Gasteiger partial charge in [-0.2, -0.15) is 8.61 Å². The van der Waals surface area contributed by atoms with Crippen LogP contribution in [0.3, 0.4) is 0 Å². The third-order valence-corrected chi connectivity index (χ3v) is 12.8. The number of sulfonamides is 2. The monoisotopic (exact) mass is 626 g/mol. The van der Waals surface area contributed by atoms with Gasteiger partial charge in [0.15, 0.2) is 0 Å². The molecule has 0 bridgehead atoms. The summed E-state index contributed by atoms with van der Waals surface area (Å²) in [6, 6.07) is 4.40. The van der Waals surface area contributed by atoms with Gasteiger partial charge in [-0.25, -0.2) is 16.8 Å². The van der Waals surface area contributed by atoms with E-state index in [1.165, 1.54) is 12.8 Å². The van der Waals surface area contributed by atoms with Crippen LogP contribution >= 0.6 is 24.8 Å². The van der Waals surface area contributed by atoms with Gasteiger partial charge in [0, 0.05) is 44.8 Å². The number of benzene rings is 1. The lowest BCUT2D eigenvalue weighted by Crippen LogP contribution is -2.54. The Morgan fingerprint density at radius 3 is 1.97 bits per heavy atom. The van der Waals surface area contributed by atoms with E-state index in [9.17, 15) is 16.8 Å². The molecule has 0 radical (unpaired) electrons. The van der Waals surface area contributed by atoms with Crippen molar-refractivity contribution in [3.8, 4) is 0 Å². The van der Waals surface area contributed by atoms with Crippen molar-refractivity contribution in [3.05, 3.63) is 28.8 Å². The molecule has 8 nitrogen and oxygen atoms in total. The van der Waals surface area contributed by atoms with E-state index in [2.05, 4.69) is 16.8 Å². The Hall–Kier alpha value is -0.460. The van der Waals surface area contributed by atoms with E-state index in [0.29, 0.717) is 43.4 Å². The van der Waals surface area contributed by atoms with Crippen molar-refractivity contribution in [3.63, 3.8) is 0 Å². The number of rotatable bonds is 9. The van der Waals surface area contributed by atoms with E-state index >= 15 is 0 Å². The summed E-state index contributed by atoms with van der Waals surface area (Å²) >= 11 is 0. The number of hydrogen-bond donors (Lipinski definition) is 0. The molecule has 4 rings (SSSR count). The van der Waals surface area contributed by atoms with Crippen LogP contribution in [-0.4, -0.2) is 106 Å². The highest BCUT2D eigenvalue weighted by atomic mass is 35.5. The molecule has 12 heteroatoms. The number of unbranched alkanes of at least 4 members (excludes halogenated alkanes) is 1. The van der Waals surface area contributed by atoms with Crippen LogP contribution in [-0.2, 0) is 20.0 Å². The van der Waals surface area contributed by atoms with Crippen molar-refractivity contribution in [2.24, 2.45) is 0 Å². The summed E-state index contributed by atoms with van der Waals surface area (Å²) in [4.78, 5) is 5.28. The van der Waals surface area contributed by atoms with E-state index in [0.717, 1.165) is 62.1 Å². The maximum atomic E-state index is 13.6. The Morgan fingerprint density at radius 2 is 1.38 bits per heavy atom. The summed E-state index contributed by atoms with van der Waals surface area (Å²) in [6.45, 7) is 11.3. The lowest BCUT2D eigenvalue weighted by molar-refractivity contribution is 0.0892. The molecule has 1 atom stereocenters. The fraction of sp³-hybridized carbons (Fsp3) is 0.778. The molecule has 1 aromatic rings. The average molecular weight is 628 g/mol. The Kier molecular flexibility index (Phi) is 13.0. The van der Waals surface area contributed by atoms with Crippen LogP contribution in [0.1, 0.15) is 61.6 Å². The summed E-state index contributed by atoms with van der Waals surface area (Å²) in [5.74, 6) is 0.150. The van der Waals surface area contributed by atoms with E-state index in [4.69, 9.17) is 0 Å². The zero-order chi connectivity index (χ0) is 26.8. The molecule has 226 valence electrons. The van der Waals surface area contributed by atoms with Crippen molar-refractivity contribution in [2.75, 3.05) is 58.6 Å². The molecule has 0 aliphatic carbocycles. The zero-order valence-electron chi connectivity index (χ0n) is 24.0. The number of nitrogens with zero attached hydrogens (tertiary/aromatic N) is 4. The number of halogens is 2. The molecule has 0 unspecified atom stereocenters. The number of likely N-dealkylation sites (tertiary alicyclic amines) is 1. The van der Waals surface area contributed by atoms with Crippen LogP contribution in [0.5, 0.6) is 0 Å². The first-order chi connectivity index (χ1) is 17.5. The highest BCUT2D eigenvalue weighted by Crippen LogP contribution is 2.32. The Labute approximate surface area is 249 Å². The predicted molar refractivity (Wildman–Crippen MR) is 163 cm³/mol. The van der Waals surface area contributed by atoms with Crippen molar-refractivity contribution in [1.82, 2.24) is 18.4 Å². The van der Waals surface area contributed by atoms with Crippen molar-refractivity contribution in [1.29, 1.82) is 0 Å². The average Bonchev–Trinajstić information content (AvgIpc) is 3.31. The van der Waals surface area contributed by atoms with Crippen molar-refractivity contribution < 1.29 is 16.8 Å². The number of aryl methyl sites for hydroxylation is 3. The maximum absolute atomic E-state index is 13.6. The lowest BCUT2D eigenvalue weighted by Gasteiger charge is -2.41. The number of piperazine rings is 1. The van der Waals surface area contributed by atoms with Gasteiger partial charge >= 0.3 is 0 Å². The first kappa shape index (κ1) is 34.7. The van der Waals surface area contributed by atoms with Gasteiger partial charge in [-0.15, -0.1) is 24.8 Å². The quantitative estimate of drug-likeness (QED) is 0.388. The summed E-state index contributed by atoms with van der Waals surface area (Å²) in [5.41, 5.74) is 2.66. The smallest absolute Gasteiger partial charge is 0.243 e. The molecule has 39 heavy (non-hydrogen) atoms. The van der Waals surface area contributed by atoms with Gasteiger partial charge in [-0.3, -0.25) is 4.90 Å². The van der Waals surface area contributed by atoms with Gasteiger partial charge < -0.3 is 4.90 Å². The standard InChI is InChI=1S/C27H46N4O4S2.2ClH/c1-22-20-23(2)27(24(3)21-22)37(34,35)31-12-7-9-26(31)8-5-6-19-36(32,33)30-17-15-29(16-18-30)25-10-13-28(4)14-11-25;;/h20-21,25-26H,5-19H2,1-4H3;2*1H/t26-;;/m1../s1. The van der Waals surface area contributed by atoms with Crippen LogP contribution in [0.4, 0.5) is 0 Å².